The Balaban J connectivity index is 1.23. The smallest absolute Gasteiger partial charge is 0.231 e. The van der Waals surface area contributed by atoms with E-state index in [1.54, 1.807) is 0 Å². The summed E-state index contributed by atoms with van der Waals surface area (Å²) in [6.07, 6.45) is 4.22. The molecule has 3 aromatic rings. The summed E-state index contributed by atoms with van der Waals surface area (Å²) in [6, 6.07) is 15.4. The van der Waals surface area contributed by atoms with Gasteiger partial charge in [0, 0.05) is 24.4 Å². The second kappa shape index (κ2) is 10.4. The van der Waals surface area contributed by atoms with Gasteiger partial charge in [-0.25, -0.2) is 0 Å². The molecule has 8 nitrogen and oxygen atoms in total. The van der Waals surface area contributed by atoms with E-state index >= 15 is 0 Å². The SMILES string of the molecule is CC(c1ccccc1)N(CCC(=O)Nc1nnc(-c2ccc3c(c2)OCO3)s1)C(=O)C1CCCC1. The molecule has 182 valence electrons. The lowest BCUT2D eigenvalue weighted by atomic mass is 10.0. The fourth-order valence-corrected chi connectivity index (χ4v) is 5.39. The average Bonchev–Trinajstić information content (AvgIpc) is 3.66. The molecule has 0 spiro atoms. The fourth-order valence-electron chi connectivity index (χ4n) is 4.64. The van der Waals surface area contributed by atoms with Gasteiger partial charge in [-0.2, -0.15) is 0 Å². The van der Waals surface area contributed by atoms with E-state index < -0.39 is 0 Å². The summed E-state index contributed by atoms with van der Waals surface area (Å²) in [5.74, 6) is 1.38. The van der Waals surface area contributed by atoms with Crippen molar-refractivity contribution in [3.8, 4) is 22.1 Å². The molecular weight excluding hydrogens is 464 g/mol. The van der Waals surface area contributed by atoms with Crippen LogP contribution in [0.25, 0.3) is 10.6 Å². The molecule has 1 atom stereocenters. The van der Waals surface area contributed by atoms with Gasteiger partial charge in [-0.15, -0.1) is 10.2 Å². The van der Waals surface area contributed by atoms with Crippen LogP contribution in [0.3, 0.4) is 0 Å². The van der Waals surface area contributed by atoms with E-state index in [4.69, 9.17) is 9.47 Å². The van der Waals surface area contributed by atoms with Crippen LogP contribution in [0.15, 0.2) is 48.5 Å². The van der Waals surface area contributed by atoms with Gasteiger partial charge in [0.1, 0.15) is 5.01 Å². The number of nitrogens with zero attached hydrogens (tertiary/aromatic N) is 3. The van der Waals surface area contributed by atoms with Gasteiger partial charge in [-0.05, 0) is 43.5 Å². The molecule has 2 amide bonds. The third-order valence-corrected chi connectivity index (χ3v) is 7.50. The second-order valence-electron chi connectivity index (χ2n) is 8.88. The number of rotatable bonds is 8. The maximum atomic E-state index is 13.3. The van der Waals surface area contributed by atoms with E-state index in [0.717, 1.165) is 36.8 Å². The van der Waals surface area contributed by atoms with Crippen LogP contribution in [-0.4, -0.2) is 40.2 Å². The van der Waals surface area contributed by atoms with Crippen molar-refractivity contribution in [2.24, 2.45) is 5.92 Å². The number of hydrogen-bond donors (Lipinski definition) is 1. The van der Waals surface area contributed by atoms with Crippen molar-refractivity contribution < 1.29 is 19.1 Å². The minimum absolute atomic E-state index is 0.0524. The molecular formula is C26H28N4O4S. The van der Waals surface area contributed by atoms with E-state index in [0.29, 0.717) is 28.2 Å². The first kappa shape index (κ1) is 23.3. The predicted molar refractivity (Wildman–Crippen MR) is 133 cm³/mol. The first-order chi connectivity index (χ1) is 17.1. The van der Waals surface area contributed by atoms with E-state index in [-0.39, 0.29) is 37.0 Å². The standard InChI is InChI=1S/C26H28N4O4S/c1-17(18-7-3-2-4-8-18)30(25(32)19-9-5-6-10-19)14-13-23(31)27-26-29-28-24(35-26)20-11-12-21-22(15-20)34-16-33-21/h2-4,7-8,11-12,15,17,19H,5-6,9-10,13-14,16H2,1H3,(H,27,29,31). The van der Waals surface area contributed by atoms with Crippen molar-refractivity contribution in [1.29, 1.82) is 0 Å². The molecule has 1 fully saturated rings. The number of ether oxygens (including phenoxy) is 2. The maximum absolute atomic E-state index is 13.3. The molecule has 1 saturated carbocycles. The molecule has 9 heteroatoms. The van der Waals surface area contributed by atoms with Crippen LogP contribution in [0.4, 0.5) is 5.13 Å². The number of fused-ring (bicyclic) bond motifs is 1. The molecule has 5 rings (SSSR count). The Hall–Kier alpha value is -3.46. The summed E-state index contributed by atoms with van der Waals surface area (Å²) in [6.45, 7) is 2.59. The van der Waals surface area contributed by atoms with Gasteiger partial charge in [0.2, 0.25) is 23.7 Å². The Labute approximate surface area is 208 Å². The Morgan fingerprint density at radius 2 is 1.86 bits per heavy atom. The summed E-state index contributed by atoms with van der Waals surface area (Å²) in [5.41, 5.74) is 1.91. The van der Waals surface area contributed by atoms with Gasteiger partial charge >= 0.3 is 0 Å². The zero-order valence-corrected chi connectivity index (χ0v) is 20.4. The summed E-state index contributed by atoms with van der Waals surface area (Å²) in [7, 11) is 0. The highest BCUT2D eigenvalue weighted by Crippen LogP contribution is 2.37. The van der Waals surface area contributed by atoms with Gasteiger partial charge in [-0.1, -0.05) is 54.5 Å². The Kier molecular flexibility index (Phi) is 6.94. The topological polar surface area (TPSA) is 93.7 Å². The number of carbonyl (C=O) groups is 2. The number of aromatic nitrogens is 2. The normalized spacial score (nSPS) is 15.7. The van der Waals surface area contributed by atoms with E-state index in [9.17, 15) is 9.59 Å². The lowest BCUT2D eigenvalue weighted by Gasteiger charge is -2.32. The van der Waals surface area contributed by atoms with E-state index in [2.05, 4.69) is 15.5 Å². The van der Waals surface area contributed by atoms with Crippen LogP contribution in [0, 0.1) is 5.92 Å². The van der Waals surface area contributed by atoms with Gasteiger partial charge in [0.25, 0.3) is 0 Å². The molecule has 1 aromatic heterocycles. The highest BCUT2D eigenvalue weighted by atomic mass is 32.1. The van der Waals surface area contributed by atoms with Gasteiger partial charge < -0.3 is 19.7 Å². The number of anilines is 1. The Morgan fingerprint density at radius 1 is 1.09 bits per heavy atom. The average molecular weight is 493 g/mol. The summed E-state index contributed by atoms with van der Waals surface area (Å²) in [5, 5.41) is 12.3. The second-order valence-corrected chi connectivity index (χ2v) is 9.86. The molecule has 0 radical (unpaired) electrons. The molecule has 2 aromatic carbocycles. The van der Waals surface area contributed by atoms with Crippen molar-refractivity contribution in [2.45, 2.75) is 45.1 Å². The van der Waals surface area contributed by atoms with Gasteiger partial charge in [0.15, 0.2) is 11.5 Å². The first-order valence-electron chi connectivity index (χ1n) is 12.0. The highest BCUT2D eigenvalue weighted by molar-refractivity contribution is 7.18. The van der Waals surface area contributed by atoms with Crippen molar-refractivity contribution in [3.63, 3.8) is 0 Å². The lowest BCUT2D eigenvalue weighted by molar-refractivity contribution is -0.138. The summed E-state index contributed by atoms with van der Waals surface area (Å²) in [4.78, 5) is 28.0. The van der Waals surface area contributed by atoms with E-state index in [1.165, 1.54) is 11.3 Å². The summed E-state index contributed by atoms with van der Waals surface area (Å²) < 4.78 is 10.8. The highest BCUT2D eigenvalue weighted by Gasteiger charge is 2.30. The Morgan fingerprint density at radius 3 is 2.66 bits per heavy atom. The van der Waals surface area contributed by atoms with Gasteiger partial charge in [-0.3, -0.25) is 9.59 Å². The maximum Gasteiger partial charge on any atom is 0.231 e. The molecule has 1 aliphatic heterocycles. The lowest BCUT2D eigenvalue weighted by Crippen LogP contribution is -2.39. The summed E-state index contributed by atoms with van der Waals surface area (Å²) >= 11 is 1.29. The number of carbonyl (C=O) groups excluding carboxylic acids is 2. The van der Waals surface area contributed by atoms with Crippen LogP contribution >= 0.6 is 11.3 Å². The molecule has 0 bridgehead atoms. The minimum atomic E-state index is -0.192. The minimum Gasteiger partial charge on any atom is -0.454 e. The fraction of sp³-hybridized carbons (Fsp3) is 0.385. The molecule has 0 saturated heterocycles. The number of hydrogen-bond acceptors (Lipinski definition) is 7. The molecule has 2 heterocycles. The van der Waals surface area contributed by atoms with Crippen molar-refractivity contribution in [3.05, 3.63) is 54.1 Å². The van der Waals surface area contributed by atoms with Crippen molar-refractivity contribution in [2.75, 3.05) is 18.7 Å². The predicted octanol–water partition coefficient (Wildman–Crippen LogP) is 5.04. The first-order valence-corrected chi connectivity index (χ1v) is 12.8. The number of benzene rings is 2. The van der Waals surface area contributed by atoms with Crippen molar-refractivity contribution >= 4 is 28.3 Å². The van der Waals surface area contributed by atoms with Crippen LogP contribution in [-0.2, 0) is 9.59 Å². The molecule has 1 unspecified atom stereocenters. The quantitative estimate of drug-likeness (QED) is 0.473. The Bertz CT molecular complexity index is 1190. The molecule has 2 aliphatic rings. The zero-order valence-electron chi connectivity index (χ0n) is 19.6. The number of nitrogens with one attached hydrogen (secondary N) is 1. The van der Waals surface area contributed by atoms with Crippen LogP contribution in [0.5, 0.6) is 11.5 Å². The van der Waals surface area contributed by atoms with Crippen molar-refractivity contribution in [1.82, 2.24) is 15.1 Å². The van der Waals surface area contributed by atoms with Gasteiger partial charge in [0.05, 0.1) is 6.04 Å². The van der Waals surface area contributed by atoms with Crippen LogP contribution in [0.2, 0.25) is 0 Å². The zero-order chi connectivity index (χ0) is 24.2. The van der Waals surface area contributed by atoms with Crippen LogP contribution in [0.1, 0.15) is 50.6 Å². The van der Waals surface area contributed by atoms with E-state index in [1.807, 2.05) is 60.4 Å². The molecule has 1 aliphatic carbocycles. The number of amides is 2. The van der Waals surface area contributed by atoms with Crippen LogP contribution < -0.4 is 14.8 Å². The third kappa shape index (κ3) is 5.30. The monoisotopic (exact) mass is 492 g/mol. The largest absolute Gasteiger partial charge is 0.454 e. The molecule has 35 heavy (non-hydrogen) atoms. The molecule has 1 N–H and O–H groups in total. The third-order valence-electron chi connectivity index (χ3n) is 6.61.